The van der Waals surface area contributed by atoms with Crippen LogP contribution in [0.3, 0.4) is 0 Å². The van der Waals surface area contributed by atoms with Crippen LogP contribution in [0.2, 0.25) is 5.02 Å². The van der Waals surface area contributed by atoms with Crippen LogP contribution in [0.15, 0.2) is 36.4 Å². The summed E-state index contributed by atoms with van der Waals surface area (Å²) in [4.78, 5) is 0. The Hall–Kier alpha value is -1.78. The first-order valence-electron chi connectivity index (χ1n) is 6.20. The Labute approximate surface area is 122 Å². The quantitative estimate of drug-likeness (QED) is 0.820. The molecule has 2 aromatic rings. The molecule has 0 heterocycles. The zero-order valence-electron chi connectivity index (χ0n) is 11.1. The summed E-state index contributed by atoms with van der Waals surface area (Å²) in [5, 5.41) is 3.22. The van der Waals surface area contributed by atoms with Crippen molar-refractivity contribution in [1.82, 2.24) is 0 Å². The van der Waals surface area contributed by atoms with Gasteiger partial charge in [0.2, 0.25) is 0 Å². The highest BCUT2D eigenvalue weighted by Crippen LogP contribution is 2.30. The van der Waals surface area contributed by atoms with Crippen molar-refractivity contribution in [2.45, 2.75) is 6.42 Å². The lowest BCUT2D eigenvalue weighted by Crippen LogP contribution is -2.02. The molecule has 0 aliphatic carbocycles. The number of nitrogen functional groups attached to an aromatic ring is 1. The second-order valence-corrected chi connectivity index (χ2v) is 4.79. The van der Waals surface area contributed by atoms with Gasteiger partial charge in [-0.3, -0.25) is 0 Å². The molecule has 106 valence electrons. The minimum atomic E-state index is -0.526. The van der Waals surface area contributed by atoms with Crippen molar-refractivity contribution >= 4 is 28.7 Å². The number of ether oxygens (including phenoxy) is 1. The SMILES string of the molecule is COCCc1ccccc1Nc1cc(Cl)c(F)cc1N. The molecule has 0 aromatic heterocycles. The summed E-state index contributed by atoms with van der Waals surface area (Å²) in [6.45, 7) is 0.623. The van der Waals surface area contributed by atoms with E-state index in [0.717, 1.165) is 17.7 Å². The van der Waals surface area contributed by atoms with Crippen LogP contribution in [0.1, 0.15) is 5.56 Å². The average molecular weight is 295 g/mol. The molecule has 0 fully saturated rings. The third-order valence-corrected chi connectivity index (χ3v) is 3.24. The summed E-state index contributed by atoms with van der Waals surface area (Å²) in [7, 11) is 1.66. The summed E-state index contributed by atoms with van der Waals surface area (Å²) in [5.41, 5.74) is 8.69. The largest absolute Gasteiger partial charge is 0.397 e. The summed E-state index contributed by atoms with van der Waals surface area (Å²) >= 11 is 5.78. The number of hydrogen-bond donors (Lipinski definition) is 2. The molecule has 0 unspecified atom stereocenters. The number of hydrogen-bond acceptors (Lipinski definition) is 3. The van der Waals surface area contributed by atoms with Gasteiger partial charge in [-0.25, -0.2) is 4.39 Å². The molecule has 0 spiro atoms. The minimum Gasteiger partial charge on any atom is -0.397 e. The first-order valence-corrected chi connectivity index (χ1v) is 6.58. The number of nitrogens with one attached hydrogen (secondary N) is 1. The fourth-order valence-corrected chi connectivity index (χ4v) is 2.05. The standard InChI is InChI=1S/C15H16ClFN2O/c1-20-7-6-10-4-2-3-5-14(10)19-15-8-11(16)12(17)9-13(15)18/h2-5,8-9,19H,6-7,18H2,1H3. The fourth-order valence-electron chi connectivity index (χ4n) is 1.89. The molecule has 0 bridgehead atoms. The molecule has 0 saturated heterocycles. The lowest BCUT2D eigenvalue weighted by Gasteiger charge is -2.14. The van der Waals surface area contributed by atoms with Crippen LogP contribution in [0.25, 0.3) is 0 Å². The molecule has 0 aliphatic heterocycles. The van der Waals surface area contributed by atoms with Crippen LogP contribution in [-0.2, 0) is 11.2 Å². The van der Waals surface area contributed by atoms with Crippen molar-refractivity contribution in [3.8, 4) is 0 Å². The van der Waals surface area contributed by atoms with Gasteiger partial charge in [-0.15, -0.1) is 0 Å². The van der Waals surface area contributed by atoms with Gasteiger partial charge in [-0.05, 0) is 24.1 Å². The second kappa shape index (κ2) is 6.59. The molecule has 0 saturated carbocycles. The Morgan fingerprint density at radius 2 is 2.00 bits per heavy atom. The van der Waals surface area contributed by atoms with E-state index in [4.69, 9.17) is 22.1 Å². The molecule has 0 amide bonds. The lowest BCUT2D eigenvalue weighted by molar-refractivity contribution is 0.202. The normalized spacial score (nSPS) is 10.6. The number of methoxy groups -OCH3 is 1. The predicted octanol–water partition coefficient (Wildman–Crippen LogP) is 3.99. The van der Waals surface area contributed by atoms with Gasteiger partial charge in [-0.1, -0.05) is 29.8 Å². The van der Waals surface area contributed by atoms with Gasteiger partial charge in [0.15, 0.2) is 0 Å². The number of anilines is 3. The maximum atomic E-state index is 13.3. The van der Waals surface area contributed by atoms with Gasteiger partial charge >= 0.3 is 0 Å². The van der Waals surface area contributed by atoms with E-state index in [9.17, 15) is 4.39 Å². The monoisotopic (exact) mass is 294 g/mol. The van der Waals surface area contributed by atoms with E-state index in [1.54, 1.807) is 7.11 Å². The molecule has 5 heteroatoms. The van der Waals surface area contributed by atoms with Gasteiger partial charge in [0.1, 0.15) is 5.82 Å². The van der Waals surface area contributed by atoms with E-state index in [1.807, 2.05) is 24.3 Å². The van der Waals surface area contributed by atoms with Crippen LogP contribution in [0.4, 0.5) is 21.5 Å². The fraction of sp³-hybridized carbons (Fsp3) is 0.200. The molecular weight excluding hydrogens is 279 g/mol. The zero-order valence-corrected chi connectivity index (χ0v) is 11.9. The molecule has 3 nitrogen and oxygen atoms in total. The number of benzene rings is 2. The molecule has 20 heavy (non-hydrogen) atoms. The molecular formula is C15H16ClFN2O. The first kappa shape index (κ1) is 14.6. The summed E-state index contributed by atoms with van der Waals surface area (Å²) in [6.07, 6.45) is 0.772. The van der Waals surface area contributed by atoms with E-state index in [-0.39, 0.29) is 5.02 Å². The van der Waals surface area contributed by atoms with Gasteiger partial charge in [-0.2, -0.15) is 0 Å². The van der Waals surface area contributed by atoms with Crippen LogP contribution >= 0.6 is 11.6 Å². The van der Waals surface area contributed by atoms with Crippen molar-refractivity contribution < 1.29 is 9.13 Å². The number of nitrogens with two attached hydrogens (primary N) is 1. The molecule has 0 atom stereocenters. The molecule has 3 N–H and O–H groups in total. The molecule has 0 radical (unpaired) electrons. The average Bonchev–Trinajstić information content (AvgIpc) is 2.44. The third kappa shape index (κ3) is 3.40. The van der Waals surface area contributed by atoms with Crippen LogP contribution in [-0.4, -0.2) is 13.7 Å². The van der Waals surface area contributed by atoms with Crippen molar-refractivity contribution in [1.29, 1.82) is 0 Å². The number of para-hydroxylation sites is 1. The highest BCUT2D eigenvalue weighted by atomic mass is 35.5. The smallest absolute Gasteiger partial charge is 0.143 e. The Balaban J connectivity index is 2.28. The van der Waals surface area contributed by atoms with Crippen molar-refractivity contribution in [3.05, 3.63) is 52.8 Å². The highest BCUT2D eigenvalue weighted by molar-refractivity contribution is 6.31. The van der Waals surface area contributed by atoms with Crippen LogP contribution in [0.5, 0.6) is 0 Å². The molecule has 2 rings (SSSR count). The Kier molecular flexibility index (Phi) is 4.82. The molecule has 0 aliphatic rings. The van der Waals surface area contributed by atoms with E-state index >= 15 is 0 Å². The van der Waals surface area contributed by atoms with Gasteiger partial charge < -0.3 is 15.8 Å². The van der Waals surface area contributed by atoms with Gasteiger partial charge in [0.05, 0.1) is 23.0 Å². The Morgan fingerprint density at radius 3 is 2.75 bits per heavy atom. The first-order chi connectivity index (χ1) is 9.61. The zero-order chi connectivity index (χ0) is 14.5. The number of rotatable bonds is 5. The van der Waals surface area contributed by atoms with E-state index in [2.05, 4.69) is 5.32 Å². The van der Waals surface area contributed by atoms with Gasteiger partial charge in [0.25, 0.3) is 0 Å². The number of halogens is 2. The van der Waals surface area contributed by atoms with Crippen molar-refractivity contribution in [2.75, 3.05) is 24.8 Å². The second-order valence-electron chi connectivity index (χ2n) is 4.38. The van der Waals surface area contributed by atoms with E-state index in [0.29, 0.717) is 18.0 Å². The minimum absolute atomic E-state index is 0.0380. The van der Waals surface area contributed by atoms with E-state index in [1.165, 1.54) is 12.1 Å². The van der Waals surface area contributed by atoms with E-state index < -0.39 is 5.82 Å². The van der Waals surface area contributed by atoms with Crippen LogP contribution < -0.4 is 11.1 Å². The van der Waals surface area contributed by atoms with Gasteiger partial charge in [0, 0.05) is 18.9 Å². The molecule has 2 aromatic carbocycles. The lowest BCUT2D eigenvalue weighted by atomic mass is 10.1. The predicted molar refractivity (Wildman–Crippen MR) is 81.1 cm³/mol. The van der Waals surface area contributed by atoms with Crippen LogP contribution in [0, 0.1) is 5.82 Å². The Bertz CT molecular complexity index is 604. The maximum Gasteiger partial charge on any atom is 0.143 e. The Morgan fingerprint density at radius 1 is 1.25 bits per heavy atom. The topological polar surface area (TPSA) is 47.3 Å². The third-order valence-electron chi connectivity index (χ3n) is 2.95. The summed E-state index contributed by atoms with van der Waals surface area (Å²) in [6, 6.07) is 10.5. The van der Waals surface area contributed by atoms with Crippen molar-refractivity contribution in [2.24, 2.45) is 0 Å². The van der Waals surface area contributed by atoms with Crippen molar-refractivity contribution in [3.63, 3.8) is 0 Å². The summed E-state index contributed by atoms with van der Waals surface area (Å²) in [5.74, 6) is -0.526. The summed E-state index contributed by atoms with van der Waals surface area (Å²) < 4.78 is 18.4. The highest BCUT2D eigenvalue weighted by Gasteiger charge is 2.08. The maximum absolute atomic E-state index is 13.3.